The van der Waals surface area contributed by atoms with Crippen molar-refractivity contribution in [1.29, 1.82) is 0 Å². The summed E-state index contributed by atoms with van der Waals surface area (Å²) in [5.41, 5.74) is 0.656. The molecular weight excluding hydrogens is 315 g/mol. The first-order valence-electron chi connectivity index (χ1n) is 6.85. The third-order valence-corrected chi connectivity index (χ3v) is 3.25. The van der Waals surface area contributed by atoms with Crippen LogP contribution in [0.2, 0.25) is 0 Å². The normalized spacial score (nSPS) is 10.4. The molecular formula is C16H11FN4O3. The number of nitrogens with zero attached hydrogens (tertiary/aromatic N) is 3. The van der Waals surface area contributed by atoms with Crippen LogP contribution < -0.4 is 5.32 Å². The standard InChI is InChI=1S/C16H11FN4O3/c17-14-5-4-11(9-13(14)16(23)24)19-15(22)10-2-1-3-12(8-10)21-7-6-18-20-21/h1-9H,(H,19,22)(H,23,24). The van der Waals surface area contributed by atoms with Crippen LogP contribution in [-0.4, -0.2) is 32.0 Å². The minimum absolute atomic E-state index is 0.185. The molecule has 0 aliphatic rings. The van der Waals surface area contributed by atoms with Crippen LogP contribution >= 0.6 is 0 Å². The van der Waals surface area contributed by atoms with Gasteiger partial charge in [-0.2, -0.15) is 0 Å². The molecule has 24 heavy (non-hydrogen) atoms. The van der Waals surface area contributed by atoms with E-state index in [-0.39, 0.29) is 5.69 Å². The molecule has 1 heterocycles. The third kappa shape index (κ3) is 3.12. The van der Waals surface area contributed by atoms with E-state index < -0.39 is 23.3 Å². The maximum Gasteiger partial charge on any atom is 0.338 e. The second-order valence-electron chi connectivity index (χ2n) is 4.85. The number of halogens is 1. The van der Waals surface area contributed by atoms with Crippen LogP contribution in [0.25, 0.3) is 5.69 Å². The van der Waals surface area contributed by atoms with Gasteiger partial charge in [0.2, 0.25) is 0 Å². The Morgan fingerprint density at radius 3 is 2.71 bits per heavy atom. The Labute approximate surface area is 135 Å². The molecule has 7 nitrogen and oxygen atoms in total. The number of benzene rings is 2. The fourth-order valence-electron chi connectivity index (χ4n) is 2.11. The molecule has 0 saturated heterocycles. The maximum absolute atomic E-state index is 13.4. The molecule has 8 heteroatoms. The van der Waals surface area contributed by atoms with Crippen molar-refractivity contribution in [2.45, 2.75) is 0 Å². The van der Waals surface area contributed by atoms with Gasteiger partial charge >= 0.3 is 5.97 Å². The number of anilines is 1. The Hall–Kier alpha value is -3.55. The minimum Gasteiger partial charge on any atom is -0.478 e. The minimum atomic E-state index is -1.41. The Morgan fingerprint density at radius 1 is 1.17 bits per heavy atom. The number of aromatic carboxylic acids is 1. The average Bonchev–Trinajstić information content (AvgIpc) is 3.11. The Bertz CT molecular complexity index is 909. The van der Waals surface area contributed by atoms with Crippen molar-refractivity contribution in [2.24, 2.45) is 0 Å². The van der Waals surface area contributed by atoms with E-state index in [0.717, 1.165) is 12.1 Å². The van der Waals surface area contributed by atoms with Gasteiger partial charge in [0, 0.05) is 11.3 Å². The second-order valence-corrected chi connectivity index (χ2v) is 4.85. The number of amides is 1. The lowest BCUT2D eigenvalue weighted by atomic mass is 10.1. The average molecular weight is 326 g/mol. The summed E-state index contributed by atoms with van der Waals surface area (Å²) >= 11 is 0. The molecule has 1 aromatic heterocycles. The van der Waals surface area contributed by atoms with Gasteiger partial charge in [0.25, 0.3) is 5.91 Å². The van der Waals surface area contributed by atoms with Crippen molar-refractivity contribution in [3.8, 4) is 5.69 Å². The summed E-state index contributed by atoms with van der Waals surface area (Å²) in [7, 11) is 0. The Kier molecular flexibility index (Phi) is 4.02. The van der Waals surface area contributed by atoms with E-state index in [0.29, 0.717) is 11.3 Å². The molecule has 0 bridgehead atoms. The van der Waals surface area contributed by atoms with E-state index >= 15 is 0 Å². The molecule has 0 unspecified atom stereocenters. The maximum atomic E-state index is 13.4. The first-order chi connectivity index (χ1) is 11.5. The fraction of sp³-hybridized carbons (Fsp3) is 0. The van der Waals surface area contributed by atoms with Gasteiger partial charge in [0.05, 0.1) is 23.6 Å². The first kappa shape index (κ1) is 15.3. The highest BCUT2D eigenvalue weighted by molar-refractivity contribution is 6.05. The van der Waals surface area contributed by atoms with Gasteiger partial charge < -0.3 is 10.4 Å². The number of rotatable bonds is 4. The quantitative estimate of drug-likeness (QED) is 0.767. The number of aromatic nitrogens is 3. The molecule has 2 N–H and O–H groups in total. The molecule has 2 aromatic carbocycles. The number of carboxylic acids is 1. The van der Waals surface area contributed by atoms with Gasteiger partial charge in [-0.3, -0.25) is 4.79 Å². The van der Waals surface area contributed by atoms with Gasteiger partial charge in [0.1, 0.15) is 5.82 Å². The molecule has 1 amide bonds. The number of carbonyl (C=O) groups is 2. The molecule has 0 radical (unpaired) electrons. The first-order valence-corrected chi connectivity index (χ1v) is 6.85. The SMILES string of the molecule is O=C(Nc1ccc(F)c(C(=O)O)c1)c1cccc(-n2ccnn2)c1. The van der Waals surface area contributed by atoms with Crippen LogP contribution in [0.3, 0.4) is 0 Å². The molecule has 0 spiro atoms. The van der Waals surface area contributed by atoms with Gasteiger partial charge in [-0.15, -0.1) is 5.10 Å². The highest BCUT2D eigenvalue weighted by atomic mass is 19.1. The van der Waals surface area contributed by atoms with Crippen molar-refractivity contribution in [2.75, 3.05) is 5.32 Å². The largest absolute Gasteiger partial charge is 0.478 e. The molecule has 3 aromatic rings. The highest BCUT2D eigenvalue weighted by Crippen LogP contribution is 2.17. The molecule has 120 valence electrons. The van der Waals surface area contributed by atoms with E-state index in [1.807, 2.05) is 0 Å². The summed E-state index contributed by atoms with van der Waals surface area (Å²) in [5, 5.41) is 19.0. The number of carbonyl (C=O) groups excluding carboxylic acids is 1. The van der Waals surface area contributed by atoms with E-state index in [2.05, 4.69) is 15.6 Å². The topological polar surface area (TPSA) is 97.1 Å². The lowest BCUT2D eigenvalue weighted by molar-refractivity contribution is 0.0691. The predicted molar refractivity (Wildman–Crippen MR) is 82.7 cm³/mol. The number of nitrogens with one attached hydrogen (secondary N) is 1. The molecule has 0 saturated carbocycles. The summed E-state index contributed by atoms with van der Waals surface area (Å²) in [6, 6.07) is 9.98. The summed E-state index contributed by atoms with van der Waals surface area (Å²) in [6.45, 7) is 0. The van der Waals surface area contributed by atoms with E-state index in [4.69, 9.17) is 5.11 Å². The monoisotopic (exact) mass is 326 g/mol. The molecule has 0 aliphatic heterocycles. The summed E-state index contributed by atoms with van der Waals surface area (Å²) < 4.78 is 14.9. The molecule has 0 atom stereocenters. The van der Waals surface area contributed by atoms with Gasteiger partial charge in [-0.1, -0.05) is 11.3 Å². The van der Waals surface area contributed by atoms with Gasteiger partial charge in [0.15, 0.2) is 0 Å². The number of carboxylic acid groups (broad SMARTS) is 1. The number of hydrogen-bond acceptors (Lipinski definition) is 4. The zero-order valence-electron chi connectivity index (χ0n) is 12.2. The summed E-state index contributed by atoms with van der Waals surface area (Å²) in [6.07, 6.45) is 3.15. The van der Waals surface area contributed by atoms with Gasteiger partial charge in [-0.05, 0) is 36.4 Å². The van der Waals surface area contributed by atoms with Crippen LogP contribution in [0.4, 0.5) is 10.1 Å². The van der Waals surface area contributed by atoms with Crippen molar-refractivity contribution < 1.29 is 19.1 Å². The zero-order valence-corrected chi connectivity index (χ0v) is 12.2. The van der Waals surface area contributed by atoms with Gasteiger partial charge in [-0.25, -0.2) is 13.9 Å². The number of hydrogen-bond donors (Lipinski definition) is 2. The summed E-state index contributed by atoms with van der Waals surface area (Å²) in [5.74, 6) is -2.73. The fourth-order valence-corrected chi connectivity index (χ4v) is 2.11. The van der Waals surface area contributed by atoms with Crippen molar-refractivity contribution >= 4 is 17.6 Å². The molecule has 0 fully saturated rings. The summed E-state index contributed by atoms with van der Waals surface area (Å²) in [4.78, 5) is 23.2. The van der Waals surface area contributed by atoms with Crippen LogP contribution in [0.15, 0.2) is 54.9 Å². The second kappa shape index (κ2) is 6.29. The lowest BCUT2D eigenvalue weighted by Crippen LogP contribution is -2.13. The molecule has 3 rings (SSSR count). The van der Waals surface area contributed by atoms with Crippen molar-refractivity contribution in [3.05, 3.63) is 71.8 Å². The smallest absolute Gasteiger partial charge is 0.338 e. The van der Waals surface area contributed by atoms with Crippen LogP contribution in [0, 0.1) is 5.82 Å². The van der Waals surface area contributed by atoms with Crippen molar-refractivity contribution in [3.63, 3.8) is 0 Å². The Morgan fingerprint density at radius 2 is 2.00 bits per heavy atom. The highest BCUT2D eigenvalue weighted by Gasteiger charge is 2.13. The zero-order chi connectivity index (χ0) is 17.1. The van der Waals surface area contributed by atoms with E-state index in [9.17, 15) is 14.0 Å². The van der Waals surface area contributed by atoms with Crippen LogP contribution in [0.5, 0.6) is 0 Å². The third-order valence-electron chi connectivity index (χ3n) is 3.25. The lowest BCUT2D eigenvalue weighted by Gasteiger charge is -2.08. The van der Waals surface area contributed by atoms with E-state index in [1.54, 1.807) is 30.5 Å². The van der Waals surface area contributed by atoms with Crippen LogP contribution in [-0.2, 0) is 0 Å². The van der Waals surface area contributed by atoms with E-state index in [1.165, 1.54) is 16.9 Å². The Balaban J connectivity index is 1.84. The molecule has 0 aliphatic carbocycles. The predicted octanol–water partition coefficient (Wildman–Crippen LogP) is 2.36. The van der Waals surface area contributed by atoms with Crippen LogP contribution in [0.1, 0.15) is 20.7 Å². The van der Waals surface area contributed by atoms with Crippen molar-refractivity contribution in [1.82, 2.24) is 15.0 Å².